The van der Waals surface area contributed by atoms with E-state index >= 15 is 0 Å². The number of carboxylic acids is 2. The highest BCUT2D eigenvalue weighted by molar-refractivity contribution is 5.98. The van der Waals surface area contributed by atoms with Crippen molar-refractivity contribution in [2.45, 2.75) is 12.8 Å². The summed E-state index contributed by atoms with van der Waals surface area (Å²) in [5.41, 5.74) is 1.24. The van der Waals surface area contributed by atoms with Crippen molar-refractivity contribution in [1.29, 1.82) is 0 Å². The summed E-state index contributed by atoms with van der Waals surface area (Å²) < 4.78 is 0. The Hall–Kier alpha value is -3.15. The van der Waals surface area contributed by atoms with Crippen LogP contribution >= 0.6 is 0 Å². The fourth-order valence-corrected chi connectivity index (χ4v) is 2.12. The van der Waals surface area contributed by atoms with E-state index in [9.17, 15) is 19.5 Å². The van der Waals surface area contributed by atoms with Crippen LogP contribution in [0.2, 0.25) is 0 Å². The van der Waals surface area contributed by atoms with Gasteiger partial charge in [0.15, 0.2) is 5.78 Å². The number of Topliss-reactive ketones (excluding diaryl/α,β-unsaturated/α-hetero) is 1. The number of benzene rings is 2. The molecule has 0 aromatic heterocycles. The Morgan fingerprint density at radius 1 is 0.826 bits per heavy atom. The van der Waals surface area contributed by atoms with Crippen molar-refractivity contribution in [1.82, 2.24) is 0 Å². The fraction of sp³-hybridized carbons (Fsp3) is 0.118. The van der Waals surface area contributed by atoms with Crippen LogP contribution in [0.4, 0.5) is 0 Å². The molecular weight excluding hydrogens is 300 g/mol. The smallest absolute Gasteiger partial charge is 0.335 e. The van der Waals surface area contributed by atoms with Crippen LogP contribution in [0.15, 0.2) is 42.5 Å². The Balaban J connectivity index is 2.17. The van der Waals surface area contributed by atoms with Gasteiger partial charge in [0.1, 0.15) is 5.75 Å². The highest BCUT2D eigenvalue weighted by Gasteiger charge is 2.13. The van der Waals surface area contributed by atoms with Crippen LogP contribution in [-0.4, -0.2) is 33.0 Å². The van der Waals surface area contributed by atoms with Crippen molar-refractivity contribution in [3.05, 3.63) is 64.7 Å². The number of phenolic OH excluding ortho intramolecular Hbond substituents is 1. The predicted octanol–water partition coefficient (Wildman–Crippen LogP) is 2.14. The van der Waals surface area contributed by atoms with Gasteiger partial charge in [-0.15, -0.1) is 0 Å². The van der Waals surface area contributed by atoms with Crippen LogP contribution in [-0.2, 0) is 17.6 Å². The molecular formula is C17H14O6. The number of phenols is 1. The molecule has 6 heteroatoms. The number of rotatable bonds is 6. The van der Waals surface area contributed by atoms with Gasteiger partial charge in [0.2, 0.25) is 0 Å². The number of hydrogen-bond donors (Lipinski definition) is 3. The number of carboxylic acid groups (broad SMARTS) is 2. The molecule has 0 heterocycles. The Labute approximate surface area is 131 Å². The van der Waals surface area contributed by atoms with E-state index in [2.05, 4.69) is 0 Å². The standard InChI is InChI=1S/C17H14O6/c18-14-6-5-12(8-13(14)9-16(20)21)15(19)7-10-1-3-11(4-2-10)17(22)23/h1-6,8,18H,7,9H2,(H,20,21)(H,22,23). The summed E-state index contributed by atoms with van der Waals surface area (Å²) in [6, 6.07) is 10.0. The van der Waals surface area contributed by atoms with Gasteiger partial charge in [0.05, 0.1) is 12.0 Å². The van der Waals surface area contributed by atoms with Gasteiger partial charge in [-0.3, -0.25) is 9.59 Å². The SMILES string of the molecule is O=C(O)Cc1cc(C(=O)Cc2ccc(C(=O)O)cc2)ccc1O. The van der Waals surface area contributed by atoms with E-state index in [-0.39, 0.29) is 35.5 Å². The van der Waals surface area contributed by atoms with Gasteiger partial charge in [0, 0.05) is 17.5 Å². The summed E-state index contributed by atoms with van der Waals surface area (Å²) in [5, 5.41) is 27.2. The molecule has 0 unspecified atom stereocenters. The molecule has 0 saturated carbocycles. The normalized spacial score (nSPS) is 10.3. The predicted molar refractivity (Wildman–Crippen MR) is 80.9 cm³/mol. The zero-order chi connectivity index (χ0) is 17.0. The zero-order valence-corrected chi connectivity index (χ0v) is 12.0. The molecule has 0 atom stereocenters. The summed E-state index contributed by atoms with van der Waals surface area (Å²) in [6.45, 7) is 0. The Bertz CT molecular complexity index is 761. The van der Waals surface area contributed by atoms with Gasteiger partial charge in [-0.2, -0.15) is 0 Å². The van der Waals surface area contributed by atoms with Crippen LogP contribution in [0.1, 0.15) is 31.8 Å². The summed E-state index contributed by atoms with van der Waals surface area (Å²) in [6.07, 6.45) is -0.322. The molecule has 0 aliphatic rings. The second-order valence-electron chi connectivity index (χ2n) is 5.02. The van der Waals surface area contributed by atoms with Gasteiger partial charge in [0.25, 0.3) is 0 Å². The van der Waals surface area contributed by atoms with Gasteiger partial charge in [-0.1, -0.05) is 12.1 Å². The summed E-state index contributed by atoms with van der Waals surface area (Å²) in [5.74, 6) is -2.57. The summed E-state index contributed by atoms with van der Waals surface area (Å²) >= 11 is 0. The van der Waals surface area contributed by atoms with Crippen molar-refractivity contribution >= 4 is 17.7 Å². The number of aromatic hydroxyl groups is 1. The van der Waals surface area contributed by atoms with E-state index in [1.54, 1.807) is 12.1 Å². The average Bonchev–Trinajstić information content (AvgIpc) is 2.49. The highest BCUT2D eigenvalue weighted by Crippen LogP contribution is 2.20. The number of ketones is 1. The molecule has 0 bridgehead atoms. The third-order valence-corrected chi connectivity index (χ3v) is 3.31. The van der Waals surface area contributed by atoms with Crippen molar-refractivity contribution in [2.75, 3.05) is 0 Å². The molecule has 0 amide bonds. The molecule has 23 heavy (non-hydrogen) atoms. The van der Waals surface area contributed by atoms with Crippen LogP contribution < -0.4 is 0 Å². The van der Waals surface area contributed by atoms with Crippen LogP contribution in [0, 0.1) is 0 Å². The first-order valence-corrected chi connectivity index (χ1v) is 6.76. The molecule has 3 N–H and O–H groups in total. The molecule has 0 aliphatic carbocycles. The van der Waals surface area contributed by atoms with E-state index in [1.165, 1.54) is 30.3 Å². The quantitative estimate of drug-likeness (QED) is 0.704. The molecule has 0 fully saturated rings. The Kier molecular flexibility index (Phi) is 4.75. The maximum absolute atomic E-state index is 12.2. The molecule has 0 radical (unpaired) electrons. The second-order valence-corrected chi connectivity index (χ2v) is 5.02. The van der Waals surface area contributed by atoms with E-state index < -0.39 is 11.9 Å². The van der Waals surface area contributed by atoms with E-state index in [0.717, 1.165) is 0 Å². The fourth-order valence-electron chi connectivity index (χ4n) is 2.12. The van der Waals surface area contributed by atoms with Crippen molar-refractivity contribution in [2.24, 2.45) is 0 Å². The molecule has 2 rings (SSSR count). The van der Waals surface area contributed by atoms with Gasteiger partial charge >= 0.3 is 11.9 Å². The first-order valence-electron chi connectivity index (χ1n) is 6.76. The van der Waals surface area contributed by atoms with Crippen molar-refractivity contribution in [3.63, 3.8) is 0 Å². The highest BCUT2D eigenvalue weighted by atomic mass is 16.4. The lowest BCUT2D eigenvalue weighted by Gasteiger charge is -2.06. The van der Waals surface area contributed by atoms with Gasteiger partial charge in [-0.05, 0) is 35.9 Å². The van der Waals surface area contributed by atoms with Crippen molar-refractivity contribution in [3.8, 4) is 5.75 Å². The lowest BCUT2D eigenvalue weighted by atomic mass is 9.99. The topological polar surface area (TPSA) is 112 Å². The van der Waals surface area contributed by atoms with Crippen LogP contribution in [0.3, 0.4) is 0 Å². The maximum Gasteiger partial charge on any atom is 0.335 e. The molecule has 118 valence electrons. The molecule has 6 nitrogen and oxygen atoms in total. The lowest BCUT2D eigenvalue weighted by Crippen LogP contribution is -2.06. The molecule has 2 aromatic carbocycles. The second kappa shape index (κ2) is 6.74. The molecule has 0 aliphatic heterocycles. The number of carbonyl (C=O) groups is 3. The van der Waals surface area contributed by atoms with Gasteiger partial charge < -0.3 is 15.3 Å². The first kappa shape index (κ1) is 16.2. The number of hydrogen-bond acceptors (Lipinski definition) is 4. The van der Waals surface area contributed by atoms with E-state index in [0.29, 0.717) is 11.1 Å². The molecule has 0 spiro atoms. The maximum atomic E-state index is 12.2. The number of carbonyl (C=O) groups excluding carboxylic acids is 1. The Morgan fingerprint density at radius 3 is 2.00 bits per heavy atom. The third kappa shape index (κ3) is 4.16. The van der Waals surface area contributed by atoms with Gasteiger partial charge in [-0.25, -0.2) is 4.79 Å². The first-order chi connectivity index (χ1) is 10.9. The molecule has 0 saturated heterocycles. The zero-order valence-electron chi connectivity index (χ0n) is 12.0. The summed E-state index contributed by atoms with van der Waals surface area (Å²) in [7, 11) is 0. The van der Waals surface area contributed by atoms with Crippen molar-refractivity contribution < 1.29 is 29.7 Å². The minimum atomic E-state index is -1.10. The van der Waals surface area contributed by atoms with Crippen LogP contribution in [0.5, 0.6) is 5.75 Å². The minimum absolute atomic E-state index is 0.0528. The number of aromatic carboxylic acids is 1. The minimum Gasteiger partial charge on any atom is -0.508 e. The Morgan fingerprint density at radius 2 is 1.43 bits per heavy atom. The van der Waals surface area contributed by atoms with Crippen LogP contribution in [0.25, 0.3) is 0 Å². The van der Waals surface area contributed by atoms with E-state index in [1.807, 2.05) is 0 Å². The summed E-state index contributed by atoms with van der Waals surface area (Å²) in [4.78, 5) is 33.7. The largest absolute Gasteiger partial charge is 0.508 e. The number of aliphatic carboxylic acids is 1. The molecule has 2 aromatic rings. The monoisotopic (exact) mass is 314 g/mol. The lowest BCUT2D eigenvalue weighted by molar-refractivity contribution is -0.136. The third-order valence-electron chi connectivity index (χ3n) is 3.31. The average molecular weight is 314 g/mol. The van der Waals surface area contributed by atoms with E-state index in [4.69, 9.17) is 10.2 Å².